The summed E-state index contributed by atoms with van der Waals surface area (Å²) in [6, 6.07) is 18.5. The van der Waals surface area contributed by atoms with Crippen molar-refractivity contribution < 1.29 is 0 Å². The van der Waals surface area contributed by atoms with Gasteiger partial charge in [-0.25, -0.2) is 4.98 Å². The van der Waals surface area contributed by atoms with Crippen LogP contribution in [-0.4, -0.2) is 32.7 Å². The van der Waals surface area contributed by atoms with Crippen LogP contribution in [0, 0.1) is 26.7 Å². The van der Waals surface area contributed by atoms with Gasteiger partial charge in [0.15, 0.2) is 5.11 Å². The lowest BCUT2D eigenvalue weighted by molar-refractivity contribution is 0.438. The molecule has 0 amide bonds. The van der Waals surface area contributed by atoms with Crippen molar-refractivity contribution in [2.75, 3.05) is 22.9 Å². The van der Waals surface area contributed by atoms with Gasteiger partial charge < -0.3 is 19.7 Å². The molecule has 8 heteroatoms. The number of hydrogen-bond acceptors (Lipinski definition) is 4. The largest absolute Gasteiger partial charge is 0.370 e. The van der Waals surface area contributed by atoms with Crippen LogP contribution in [0.4, 0.5) is 11.4 Å². The molecule has 2 aliphatic rings. The fourth-order valence-corrected chi connectivity index (χ4v) is 6.87. The number of halogens is 1. The van der Waals surface area contributed by atoms with Crippen molar-refractivity contribution >= 4 is 40.3 Å². The second-order valence-corrected chi connectivity index (χ2v) is 11.9. The van der Waals surface area contributed by atoms with Crippen molar-refractivity contribution in [2.45, 2.75) is 52.6 Å². The third kappa shape index (κ3) is 4.75. The highest BCUT2D eigenvalue weighted by Gasteiger charge is 2.42. The van der Waals surface area contributed by atoms with Crippen molar-refractivity contribution in [3.05, 3.63) is 100 Å². The van der Waals surface area contributed by atoms with Gasteiger partial charge in [-0.15, -0.1) is 0 Å². The van der Waals surface area contributed by atoms with Crippen molar-refractivity contribution in [2.24, 2.45) is 5.92 Å². The molecule has 2 saturated heterocycles. The van der Waals surface area contributed by atoms with Crippen LogP contribution < -0.4 is 15.1 Å². The molecule has 206 valence electrons. The summed E-state index contributed by atoms with van der Waals surface area (Å²) in [6.45, 7) is 10.8. The fourth-order valence-electron chi connectivity index (χ4n) is 6.23. The molecular formula is C32H35ClN6S. The number of pyridine rings is 2. The predicted molar refractivity (Wildman–Crippen MR) is 168 cm³/mol. The van der Waals surface area contributed by atoms with E-state index in [0.717, 1.165) is 63.9 Å². The van der Waals surface area contributed by atoms with Gasteiger partial charge in [-0.2, -0.15) is 0 Å². The Labute approximate surface area is 247 Å². The molecule has 6 rings (SSSR count). The van der Waals surface area contributed by atoms with E-state index in [1.807, 2.05) is 30.6 Å². The first-order valence-corrected chi connectivity index (χ1v) is 14.8. The van der Waals surface area contributed by atoms with Gasteiger partial charge >= 0.3 is 0 Å². The van der Waals surface area contributed by atoms with Gasteiger partial charge in [0.2, 0.25) is 0 Å². The summed E-state index contributed by atoms with van der Waals surface area (Å²) in [5.41, 5.74) is 7.57. The van der Waals surface area contributed by atoms with Gasteiger partial charge in [0.1, 0.15) is 5.82 Å². The van der Waals surface area contributed by atoms with Crippen LogP contribution in [0.2, 0.25) is 5.02 Å². The number of aryl methyl sites for hydroxylation is 2. The molecule has 3 aromatic heterocycles. The van der Waals surface area contributed by atoms with E-state index in [1.165, 1.54) is 18.4 Å². The van der Waals surface area contributed by atoms with Gasteiger partial charge in [-0.1, -0.05) is 30.7 Å². The molecule has 0 radical (unpaired) electrons. The van der Waals surface area contributed by atoms with E-state index < -0.39 is 0 Å². The number of anilines is 2. The Morgan fingerprint density at radius 2 is 1.73 bits per heavy atom. The lowest BCUT2D eigenvalue weighted by Gasteiger charge is -2.33. The number of aromatic nitrogens is 3. The quantitative estimate of drug-likeness (QED) is 0.255. The second-order valence-electron chi connectivity index (χ2n) is 11.1. The lowest BCUT2D eigenvalue weighted by atomic mass is 9.96. The van der Waals surface area contributed by atoms with Crippen molar-refractivity contribution in [1.82, 2.24) is 19.9 Å². The van der Waals surface area contributed by atoms with Crippen LogP contribution in [-0.2, 0) is 0 Å². The van der Waals surface area contributed by atoms with Gasteiger partial charge in [0, 0.05) is 42.6 Å². The van der Waals surface area contributed by atoms with E-state index >= 15 is 0 Å². The van der Waals surface area contributed by atoms with E-state index in [2.05, 4.69) is 83.8 Å². The molecule has 1 N–H and O–H groups in total. The van der Waals surface area contributed by atoms with Gasteiger partial charge in [-0.05, 0) is 105 Å². The van der Waals surface area contributed by atoms with Gasteiger partial charge in [0.05, 0.1) is 28.5 Å². The van der Waals surface area contributed by atoms with E-state index in [9.17, 15) is 0 Å². The number of rotatable bonds is 5. The Morgan fingerprint density at radius 1 is 0.950 bits per heavy atom. The van der Waals surface area contributed by atoms with E-state index in [0.29, 0.717) is 5.11 Å². The standard InChI is InChI=1S/C32H35ClN6S/c1-20-12-16-37(17-13-20)28-11-10-24(19-26(28)33)39-30(29(36-32(39)40)27-9-5-6-14-34-27)25-18-22(3)38(23(25)4)31-21(2)8-7-15-35-31/h5-11,14-15,18-20,29-30H,12-13,16-17H2,1-4H3,(H,36,40)/t29-,30+/m1/s1. The summed E-state index contributed by atoms with van der Waals surface area (Å²) in [4.78, 5) is 14.1. The van der Waals surface area contributed by atoms with Crippen LogP contribution >= 0.6 is 23.8 Å². The average molecular weight is 571 g/mol. The van der Waals surface area contributed by atoms with E-state index in [4.69, 9.17) is 33.8 Å². The van der Waals surface area contributed by atoms with Crippen molar-refractivity contribution in [3.63, 3.8) is 0 Å². The third-order valence-electron chi connectivity index (χ3n) is 8.41. The number of nitrogens with one attached hydrogen (secondary N) is 1. The van der Waals surface area contributed by atoms with Crippen LogP contribution in [0.1, 0.15) is 60.1 Å². The molecule has 0 saturated carbocycles. The zero-order chi connectivity index (χ0) is 28.0. The van der Waals surface area contributed by atoms with Gasteiger partial charge in [0.25, 0.3) is 0 Å². The zero-order valence-electron chi connectivity index (χ0n) is 23.4. The minimum absolute atomic E-state index is 0.121. The molecule has 0 spiro atoms. The van der Waals surface area contributed by atoms with Crippen LogP contribution in [0.3, 0.4) is 0 Å². The molecule has 2 fully saturated rings. The average Bonchev–Trinajstić information content (AvgIpc) is 3.45. The first kappa shape index (κ1) is 26.8. The molecule has 6 nitrogen and oxygen atoms in total. The number of nitrogens with zero attached hydrogens (tertiary/aromatic N) is 5. The number of benzene rings is 1. The monoisotopic (exact) mass is 570 g/mol. The minimum atomic E-state index is -0.130. The minimum Gasteiger partial charge on any atom is -0.370 e. The highest BCUT2D eigenvalue weighted by atomic mass is 35.5. The maximum Gasteiger partial charge on any atom is 0.174 e. The first-order valence-electron chi connectivity index (χ1n) is 14.0. The number of hydrogen-bond donors (Lipinski definition) is 1. The summed E-state index contributed by atoms with van der Waals surface area (Å²) < 4.78 is 2.24. The SMILES string of the molecule is Cc1cccnc1-n1c(C)cc([C@H]2[C@@H](c3ccccn3)NC(=S)N2c2ccc(N3CCC(C)CC3)c(Cl)c2)c1C. The molecule has 2 atom stereocenters. The predicted octanol–water partition coefficient (Wildman–Crippen LogP) is 7.26. The maximum atomic E-state index is 6.97. The Hall–Kier alpha value is -3.42. The number of piperidine rings is 1. The fraction of sp³-hybridized carbons (Fsp3) is 0.344. The lowest BCUT2D eigenvalue weighted by Crippen LogP contribution is -2.33. The molecule has 0 unspecified atom stereocenters. The van der Waals surface area contributed by atoms with Crippen LogP contribution in [0.25, 0.3) is 5.82 Å². The second kappa shape index (κ2) is 10.9. The van der Waals surface area contributed by atoms with E-state index in [-0.39, 0.29) is 12.1 Å². The Morgan fingerprint density at radius 3 is 2.42 bits per heavy atom. The normalized spacial score (nSPS) is 19.8. The van der Waals surface area contributed by atoms with Crippen LogP contribution in [0.15, 0.2) is 67.0 Å². The van der Waals surface area contributed by atoms with Crippen molar-refractivity contribution in [3.8, 4) is 5.82 Å². The molecular weight excluding hydrogens is 536 g/mol. The molecule has 0 aliphatic carbocycles. The highest BCUT2D eigenvalue weighted by molar-refractivity contribution is 7.80. The summed E-state index contributed by atoms with van der Waals surface area (Å²) >= 11 is 13.0. The zero-order valence-corrected chi connectivity index (χ0v) is 25.0. The molecule has 40 heavy (non-hydrogen) atoms. The van der Waals surface area contributed by atoms with E-state index in [1.54, 1.807) is 0 Å². The van der Waals surface area contributed by atoms with Gasteiger partial charge in [-0.3, -0.25) is 4.98 Å². The highest BCUT2D eigenvalue weighted by Crippen LogP contribution is 2.45. The Balaban J connectivity index is 1.45. The topological polar surface area (TPSA) is 49.2 Å². The third-order valence-corrected chi connectivity index (χ3v) is 9.03. The first-order chi connectivity index (χ1) is 19.3. The van der Waals surface area contributed by atoms with Crippen molar-refractivity contribution in [1.29, 1.82) is 0 Å². The summed E-state index contributed by atoms with van der Waals surface area (Å²) in [6.07, 6.45) is 6.07. The molecule has 5 heterocycles. The Bertz CT molecular complexity index is 1540. The summed E-state index contributed by atoms with van der Waals surface area (Å²) in [7, 11) is 0. The maximum absolute atomic E-state index is 6.97. The molecule has 2 aliphatic heterocycles. The number of thiocarbonyl (C=S) groups is 1. The van der Waals surface area contributed by atoms with Crippen LogP contribution in [0.5, 0.6) is 0 Å². The molecule has 0 bridgehead atoms. The smallest absolute Gasteiger partial charge is 0.174 e. The summed E-state index contributed by atoms with van der Waals surface area (Å²) in [5, 5.41) is 5.01. The Kier molecular flexibility index (Phi) is 7.27. The molecule has 4 aromatic rings. The summed E-state index contributed by atoms with van der Waals surface area (Å²) in [5.74, 6) is 1.71. The molecule has 1 aromatic carbocycles.